The minimum atomic E-state index is -0.887. The highest BCUT2D eigenvalue weighted by atomic mass is 32.1. The van der Waals surface area contributed by atoms with Crippen LogP contribution in [0, 0.1) is 18.7 Å². The standard InChI is InChI=1S/C18H21FN2O3S/c1-10(2)9-20-16(22)12(4)24-18(23)15-11(3)21-17(25-15)13-5-7-14(19)8-6-13/h5-8,10,12H,9H2,1-4H3,(H,20,22)/t12-/m1/s1. The van der Waals surface area contributed by atoms with Gasteiger partial charge in [0.15, 0.2) is 6.10 Å². The van der Waals surface area contributed by atoms with E-state index in [2.05, 4.69) is 10.3 Å². The van der Waals surface area contributed by atoms with E-state index in [1.165, 1.54) is 19.1 Å². The molecule has 0 saturated heterocycles. The number of halogens is 1. The summed E-state index contributed by atoms with van der Waals surface area (Å²) in [6, 6.07) is 5.88. The normalized spacial score (nSPS) is 12.1. The lowest BCUT2D eigenvalue weighted by molar-refractivity contribution is -0.129. The lowest BCUT2D eigenvalue weighted by Crippen LogP contribution is -2.37. The van der Waals surface area contributed by atoms with Crippen LogP contribution in [0.5, 0.6) is 0 Å². The number of rotatable bonds is 6. The van der Waals surface area contributed by atoms with E-state index in [1.807, 2.05) is 13.8 Å². The average Bonchev–Trinajstić information content (AvgIpc) is 2.95. The molecule has 0 fully saturated rings. The van der Waals surface area contributed by atoms with Gasteiger partial charge < -0.3 is 10.1 Å². The van der Waals surface area contributed by atoms with E-state index < -0.39 is 12.1 Å². The van der Waals surface area contributed by atoms with Gasteiger partial charge in [0.05, 0.1) is 5.69 Å². The van der Waals surface area contributed by atoms with Crippen LogP contribution in [0.25, 0.3) is 10.6 Å². The number of carbonyl (C=O) groups excluding carboxylic acids is 2. The third-order valence-corrected chi connectivity index (χ3v) is 4.60. The summed E-state index contributed by atoms with van der Waals surface area (Å²) in [6.07, 6.45) is -0.887. The van der Waals surface area contributed by atoms with Crippen LogP contribution < -0.4 is 5.32 Å². The zero-order chi connectivity index (χ0) is 18.6. The van der Waals surface area contributed by atoms with Gasteiger partial charge in [-0.05, 0) is 44.0 Å². The van der Waals surface area contributed by atoms with Gasteiger partial charge in [-0.1, -0.05) is 13.8 Å². The number of esters is 1. The molecule has 0 bridgehead atoms. The van der Waals surface area contributed by atoms with Gasteiger partial charge in [0.1, 0.15) is 15.7 Å². The summed E-state index contributed by atoms with van der Waals surface area (Å²) in [5.74, 6) is -0.940. The molecule has 7 heteroatoms. The quantitative estimate of drug-likeness (QED) is 0.796. The molecule has 0 radical (unpaired) electrons. The number of aromatic nitrogens is 1. The van der Waals surface area contributed by atoms with Gasteiger partial charge in [0.25, 0.3) is 5.91 Å². The Balaban J connectivity index is 2.07. The van der Waals surface area contributed by atoms with Crippen LogP contribution in [0.4, 0.5) is 4.39 Å². The third-order valence-electron chi connectivity index (χ3n) is 3.41. The van der Waals surface area contributed by atoms with Gasteiger partial charge in [-0.15, -0.1) is 11.3 Å². The van der Waals surface area contributed by atoms with Gasteiger partial charge in [-0.3, -0.25) is 4.79 Å². The SMILES string of the molecule is Cc1nc(-c2ccc(F)cc2)sc1C(=O)O[C@H](C)C(=O)NCC(C)C. The van der Waals surface area contributed by atoms with E-state index in [0.717, 1.165) is 16.9 Å². The van der Waals surface area contributed by atoms with Crippen molar-refractivity contribution >= 4 is 23.2 Å². The largest absolute Gasteiger partial charge is 0.448 e. The molecular formula is C18H21FN2O3S. The van der Waals surface area contributed by atoms with Gasteiger partial charge in [-0.2, -0.15) is 0 Å². The minimum absolute atomic E-state index is 0.314. The molecule has 0 aliphatic heterocycles. The maximum absolute atomic E-state index is 13.0. The van der Waals surface area contributed by atoms with Crippen LogP contribution in [0.3, 0.4) is 0 Å². The maximum atomic E-state index is 13.0. The fourth-order valence-electron chi connectivity index (χ4n) is 2.02. The van der Waals surface area contributed by atoms with Crippen LogP contribution in [-0.4, -0.2) is 29.5 Å². The Morgan fingerprint density at radius 2 is 1.88 bits per heavy atom. The van der Waals surface area contributed by atoms with Crippen LogP contribution in [0.1, 0.15) is 36.1 Å². The number of benzene rings is 1. The first-order valence-corrected chi connectivity index (χ1v) is 8.81. The lowest BCUT2D eigenvalue weighted by Gasteiger charge is -2.14. The number of nitrogens with one attached hydrogen (secondary N) is 1. The first kappa shape index (κ1) is 19.1. The summed E-state index contributed by atoms with van der Waals surface area (Å²) in [6.45, 7) is 7.71. The Kier molecular flexibility index (Phi) is 6.25. The summed E-state index contributed by atoms with van der Waals surface area (Å²) in [5, 5.41) is 3.32. The molecule has 0 unspecified atom stereocenters. The van der Waals surface area contributed by atoms with Crippen LogP contribution in [0.15, 0.2) is 24.3 Å². The molecule has 0 saturated carbocycles. The van der Waals surface area contributed by atoms with Crippen LogP contribution >= 0.6 is 11.3 Å². The zero-order valence-electron chi connectivity index (χ0n) is 14.6. The van der Waals surface area contributed by atoms with Crippen molar-refractivity contribution in [3.05, 3.63) is 40.7 Å². The highest BCUT2D eigenvalue weighted by molar-refractivity contribution is 7.17. The van der Waals surface area contributed by atoms with Crippen molar-refractivity contribution in [3.63, 3.8) is 0 Å². The van der Waals surface area contributed by atoms with Crippen molar-refractivity contribution in [2.24, 2.45) is 5.92 Å². The first-order chi connectivity index (χ1) is 11.8. The average molecular weight is 364 g/mol. The maximum Gasteiger partial charge on any atom is 0.351 e. The molecule has 134 valence electrons. The van der Waals surface area contributed by atoms with Crippen LogP contribution in [0.2, 0.25) is 0 Å². The highest BCUT2D eigenvalue weighted by Crippen LogP contribution is 2.28. The third kappa shape index (κ3) is 5.09. The molecule has 25 heavy (non-hydrogen) atoms. The first-order valence-electron chi connectivity index (χ1n) is 8.00. The molecule has 2 aromatic rings. The molecule has 1 amide bonds. The van der Waals surface area contributed by atoms with E-state index in [9.17, 15) is 14.0 Å². The molecule has 1 aromatic heterocycles. The van der Waals surface area contributed by atoms with Crippen molar-refractivity contribution in [3.8, 4) is 10.6 Å². The predicted octanol–water partition coefficient (Wildman–Crippen LogP) is 3.58. The molecule has 1 heterocycles. The molecule has 1 N–H and O–H groups in total. The fourth-order valence-corrected chi connectivity index (χ4v) is 2.97. The van der Waals surface area contributed by atoms with Crippen LogP contribution in [-0.2, 0) is 9.53 Å². The van der Waals surface area contributed by atoms with E-state index in [1.54, 1.807) is 19.1 Å². The van der Waals surface area contributed by atoms with E-state index >= 15 is 0 Å². The number of nitrogens with zero attached hydrogens (tertiary/aromatic N) is 1. The Hall–Kier alpha value is -2.28. The highest BCUT2D eigenvalue weighted by Gasteiger charge is 2.23. The summed E-state index contributed by atoms with van der Waals surface area (Å²) in [5.41, 5.74) is 1.24. The van der Waals surface area contributed by atoms with E-state index in [-0.39, 0.29) is 11.7 Å². The van der Waals surface area contributed by atoms with Crippen molar-refractivity contribution < 1.29 is 18.7 Å². The fraction of sp³-hybridized carbons (Fsp3) is 0.389. The van der Waals surface area contributed by atoms with Crippen molar-refractivity contribution in [1.29, 1.82) is 0 Å². The Bertz CT molecular complexity index is 756. The minimum Gasteiger partial charge on any atom is -0.448 e. The van der Waals surface area contributed by atoms with Gasteiger partial charge >= 0.3 is 5.97 Å². The van der Waals surface area contributed by atoms with Gasteiger partial charge in [-0.25, -0.2) is 14.2 Å². The monoisotopic (exact) mass is 364 g/mol. The number of carbonyl (C=O) groups is 2. The topological polar surface area (TPSA) is 68.3 Å². The Morgan fingerprint density at radius 1 is 1.24 bits per heavy atom. The molecular weight excluding hydrogens is 343 g/mol. The number of amides is 1. The number of aryl methyl sites for hydroxylation is 1. The molecule has 0 aliphatic carbocycles. The van der Waals surface area contributed by atoms with Crippen molar-refractivity contribution in [2.45, 2.75) is 33.8 Å². The molecule has 0 aliphatic rings. The second-order valence-corrected chi connectivity index (χ2v) is 7.13. The summed E-state index contributed by atoms with van der Waals surface area (Å²) >= 11 is 1.16. The van der Waals surface area contributed by atoms with E-state index in [4.69, 9.17) is 4.74 Å². The lowest BCUT2D eigenvalue weighted by atomic mass is 10.2. The Labute approximate surface area is 150 Å². The second-order valence-electron chi connectivity index (χ2n) is 6.13. The molecule has 1 aromatic carbocycles. The number of ether oxygens (including phenoxy) is 1. The van der Waals surface area contributed by atoms with E-state index in [0.29, 0.717) is 28.0 Å². The second kappa shape index (κ2) is 8.20. The molecule has 1 atom stereocenters. The molecule has 5 nitrogen and oxygen atoms in total. The van der Waals surface area contributed by atoms with Crippen molar-refractivity contribution in [2.75, 3.05) is 6.54 Å². The molecule has 2 rings (SSSR count). The summed E-state index contributed by atoms with van der Waals surface area (Å²) < 4.78 is 18.3. The summed E-state index contributed by atoms with van der Waals surface area (Å²) in [4.78, 5) is 28.9. The number of thiazole rings is 1. The number of hydrogen-bond acceptors (Lipinski definition) is 5. The smallest absolute Gasteiger partial charge is 0.351 e. The predicted molar refractivity (Wildman–Crippen MR) is 95.0 cm³/mol. The van der Waals surface area contributed by atoms with Gasteiger partial charge in [0, 0.05) is 12.1 Å². The number of hydrogen-bond donors (Lipinski definition) is 1. The summed E-state index contributed by atoms with van der Waals surface area (Å²) in [7, 11) is 0. The zero-order valence-corrected chi connectivity index (χ0v) is 15.4. The Morgan fingerprint density at radius 3 is 2.48 bits per heavy atom. The molecule has 0 spiro atoms. The van der Waals surface area contributed by atoms with Gasteiger partial charge in [0.2, 0.25) is 0 Å². The van der Waals surface area contributed by atoms with Crippen molar-refractivity contribution in [1.82, 2.24) is 10.3 Å².